The number of aliphatic hydroxyl groups is 2. The van der Waals surface area contributed by atoms with Crippen LogP contribution in [0.1, 0.15) is 30.0 Å². The van der Waals surface area contributed by atoms with E-state index in [0.717, 1.165) is 15.6 Å². The molecule has 3 aromatic rings. The second-order valence-corrected chi connectivity index (χ2v) is 10.2. The number of hydrogen-bond donors (Lipinski definition) is 2. The minimum atomic E-state index is -1.76. The highest BCUT2D eigenvalue weighted by Gasteiger charge is 2.52. The molecule has 2 atom stereocenters. The SMILES string of the molecule is C[C@H](/C=C/CC(=O)N(CCO)Cc1ccccc1)[C@@]1(O)C(=O)N(Cc2ccccc2)c2ccc(Br)cc21. The predicted octanol–water partition coefficient (Wildman–Crippen LogP) is 4.79. The van der Waals surface area contributed by atoms with Gasteiger partial charge in [0, 0.05) is 35.5 Å². The maximum Gasteiger partial charge on any atom is 0.264 e. The molecule has 0 unspecified atom stereocenters. The van der Waals surface area contributed by atoms with Crippen LogP contribution >= 0.6 is 15.9 Å². The number of nitrogens with zero attached hydrogens (tertiary/aromatic N) is 2. The predicted molar refractivity (Wildman–Crippen MR) is 148 cm³/mol. The molecule has 0 saturated carbocycles. The number of hydrogen-bond acceptors (Lipinski definition) is 4. The summed E-state index contributed by atoms with van der Waals surface area (Å²) in [4.78, 5) is 29.8. The number of aliphatic hydroxyl groups excluding tert-OH is 1. The van der Waals surface area contributed by atoms with E-state index < -0.39 is 11.5 Å². The van der Waals surface area contributed by atoms with Gasteiger partial charge in [-0.3, -0.25) is 9.59 Å². The summed E-state index contributed by atoms with van der Waals surface area (Å²) < 4.78 is 0.769. The molecule has 2 amide bonds. The van der Waals surface area contributed by atoms with Crippen LogP contribution in [0.3, 0.4) is 0 Å². The molecule has 7 heteroatoms. The van der Waals surface area contributed by atoms with Gasteiger partial charge in [0.15, 0.2) is 5.60 Å². The van der Waals surface area contributed by atoms with Gasteiger partial charge in [0.1, 0.15) is 0 Å². The fraction of sp³-hybridized carbons (Fsp3) is 0.267. The first kappa shape index (κ1) is 26.8. The van der Waals surface area contributed by atoms with E-state index in [9.17, 15) is 19.8 Å². The third-order valence-corrected chi connectivity index (χ3v) is 7.22. The summed E-state index contributed by atoms with van der Waals surface area (Å²) in [6.07, 6.45) is 3.53. The molecule has 0 spiro atoms. The lowest BCUT2D eigenvalue weighted by molar-refractivity contribution is -0.139. The molecular weight excluding hydrogens is 532 g/mol. The van der Waals surface area contributed by atoms with Crippen LogP contribution in [0.4, 0.5) is 5.69 Å². The molecule has 0 radical (unpaired) electrons. The Morgan fingerprint density at radius 3 is 2.35 bits per heavy atom. The van der Waals surface area contributed by atoms with E-state index in [0.29, 0.717) is 24.3 Å². The highest BCUT2D eigenvalue weighted by molar-refractivity contribution is 9.10. The molecular formula is C30H31BrN2O4. The third kappa shape index (κ3) is 5.85. The van der Waals surface area contributed by atoms with Crippen molar-refractivity contribution in [3.63, 3.8) is 0 Å². The number of fused-ring (bicyclic) bond motifs is 1. The van der Waals surface area contributed by atoms with Crippen molar-refractivity contribution in [3.8, 4) is 0 Å². The van der Waals surface area contributed by atoms with Crippen molar-refractivity contribution in [2.24, 2.45) is 5.92 Å². The van der Waals surface area contributed by atoms with Crippen LogP contribution in [-0.4, -0.2) is 40.1 Å². The molecule has 4 rings (SSSR count). The van der Waals surface area contributed by atoms with Crippen molar-refractivity contribution in [2.45, 2.75) is 32.0 Å². The van der Waals surface area contributed by atoms with E-state index in [2.05, 4.69) is 15.9 Å². The molecule has 3 aromatic carbocycles. The van der Waals surface area contributed by atoms with Gasteiger partial charge in [-0.1, -0.05) is 95.7 Å². The molecule has 2 N–H and O–H groups in total. The number of amides is 2. The zero-order valence-corrected chi connectivity index (χ0v) is 22.3. The van der Waals surface area contributed by atoms with Gasteiger partial charge in [-0.25, -0.2) is 0 Å². The van der Waals surface area contributed by atoms with Crippen molar-refractivity contribution in [2.75, 3.05) is 18.1 Å². The lowest BCUT2D eigenvalue weighted by atomic mass is 9.83. The van der Waals surface area contributed by atoms with E-state index in [1.54, 1.807) is 34.9 Å². The van der Waals surface area contributed by atoms with Crippen molar-refractivity contribution >= 4 is 33.4 Å². The van der Waals surface area contributed by atoms with Gasteiger partial charge in [-0.2, -0.15) is 0 Å². The third-order valence-electron chi connectivity index (χ3n) is 6.73. The number of anilines is 1. The molecule has 0 fully saturated rings. The van der Waals surface area contributed by atoms with Crippen LogP contribution in [0.2, 0.25) is 0 Å². The average Bonchev–Trinajstić information content (AvgIpc) is 3.11. The fourth-order valence-electron chi connectivity index (χ4n) is 4.70. The molecule has 0 saturated heterocycles. The minimum Gasteiger partial charge on any atom is -0.395 e. The Hall–Kier alpha value is -3.26. The first-order valence-electron chi connectivity index (χ1n) is 12.3. The Kier molecular flexibility index (Phi) is 8.59. The number of carbonyl (C=O) groups excluding carboxylic acids is 2. The molecule has 1 heterocycles. The maximum absolute atomic E-state index is 13.7. The van der Waals surface area contributed by atoms with E-state index in [-0.39, 0.29) is 31.4 Å². The van der Waals surface area contributed by atoms with E-state index in [1.807, 2.05) is 72.8 Å². The molecule has 0 aromatic heterocycles. The Labute approximate surface area is 226 Å². The van der Waals surface area contributed by atoms with Crippen molar-refractivity contribution in [3.05, 3.63) is 112 Å². The molecule has 192 valence electrons. The van der Waals surface area contributed by atoms with Crippen molar-refractivity contribution in [1.29, 1.82) is 0 Å². The average molecular weight is 563 g/mol. The first-order chi connectivity index (χ1) is 17.8. The summed E-state index contributed by atoms with van der Waals surface area (Å²) in [6, 6.07) is 24.8. The van der Waals surface area contributed by atoms with Gasteiger partial charge in [0.05, 0.1) is 18.8 Å². The van der Waals surface area contributed by atoms with Crippen LogP contribution in [0.5, 0.6) is 0 Å². The van der Waals surface area contributed by atoms with Gasteiger partial charge < -0.3 is 20.0 Å². The zero-order chi connectivity index (χ0) is 26.4. The van der Waals surface area contributed by atoms with Gasteiger partial charge in [-0.05, 0) is 29.3 Å². The topological polar surface area (TPSA) is 81.1 Å². The summed E-state index contributed by atoms with van der Waals surface area (Å²) in [5.41, 5.74) is 1.39. The Balaban J connectivity index is 1.51. The lowest BCUT2D eigenvalue weighted by Crippen LogP contribution is -2.44. The summed E-state index contributed by atoms with van der Waals surface area (Å²) in [6.45, 7) is 2.64. The van der Waals surface area contributed by atoms with Gasteiger partial charge in [0.25, 0.3) is 5.91 Å². The van der Waals surface area contributed by atoms with Crippen molar-refractivity contribution < 1.29 is 19.8 Å². The smallest absolute Gasteiger partial charge is 0.264 e. The highest BCUT2D eigenvalue weighted by atomic mass is 79.9. The van der Waals surface area contributed by atoms with Crippen LogP contribution in [-0.2, 0) is 28.3 Å². The second kappa shape index (κ2) is 11.9. The van der Waals surface area contributed by atoms with Gasteiger partial charge >= 0.3 is 0 Å². The standard InChI is InChI=1S/C30H31BrN2O4/c1-22(9-8-14-28(35)32(17-18-34)20-23-10-4-2-5-11-23)30(37)26-19-25(31)15-16-27(26)33(29(30)36)21-24-12-6-3-7-13-24/h2-13,15-16,19,22,34,37H,14,17-18,20-21H2,1H3/b9-8+/t22-,30+/m1/s1. The number of carbonyl (C=O) groups is 2. The van der Waals surface area contributed by atoms with Crippen LogP contribution < -0.4 is 4.90 Å². The number of rotatable bonds is 10. The summed E-state index contributed by atoms with van der Waals surface area (Å²) in [5.74, 6) is -1.11. The highest BCUT2D eigenvalue weighted by Crippen LogP contribution is 2.46. The Morgan fingerprint density at radius 1 is 1.05 bits per heavy atom. The molecule has 0 aliphatic carbocycles. The van der Waals surface area contributed by atoms with Gasteiger partial charge in [-0.15, -0.1) is 0 Å². The maximum atomic E-state index is 13.7. The quantitative estimate of drug-likeness (QED) is 0.348. The first-order valence-corrected chi connectivity index (χ1v) is 13.1. The van der Waals surface area contributed by atoms with Crippen LogP contribution in [0.25, 0.3) is 0 Å². The second-order valence-electron chi connectivity index (χ2n) is 9.25. The van der Waals surface area contributed by atoms with E-state index >= 15 is 0 Å². The lowest BCUT2D eigenvalue weighted by Gasteiger charge is -2.28. The molecule has 1 aliphatic heterocycles. The summed E-state index contributed by atoms with van der Waals surface area (Å²) in [7, 11) is 0. The monoisotopic (exact) mass is 562 g/mol. The number of benzene rings is 3. The van der Waals surface area contributed by atoms with Crippen LogP contribution in [0.15, 0.2) is 95.5 Å². The molecule has 1 aliphatic rings. The fourth-order valence-corrected chi connectivity index (χ4v) is 5.06. The number of halogens is 1. The Morgan fingerprint density at radius 2 is 1.70 bits per heavy atom. The largest absolute Gasteiger partial charge is 0.395 e. The molecule has 0 bridgehead atoms. The molecule has 6 nitrogen and oxygen atoms in total. The van der Waals surface area contributed by atoms with Gasteiger partial charge in [0.2, 0.25) is 5.91 Å². The molecule has 37 heavy (non-hydrogen) atoms. The minimum absolute atomic E-state index is 0.0977. The normalized spacial score (nSPS) is 17.7. The van der Waals surface area contributed by atoms with Crippen LogP contribution in [0, 0.1) is 5.92 Å². The van der Waals surface area contributed by atoms with E-state index in [1.165, 1.54) is 0 Å². The summed E-state index contributed by atoms with van der Waals surface area (Å²) >= 11 is 3.47. The van der Waals surface area contributed by atoms with E-state index in [4.69, 9.17) is 0 Å². The zero-order valence-electron chi connectivity index (χ0n) is 20.8. The summed E-state index contributed by atoms with van der Waals surface area (Å²) in [5, 5.41) is 21.3. The Bertz CT molecular complexity index is 1270. The van der Waals surface area contributed by atoms with Crippen molar-refractivity contribution in [1.82, 2.24) is 4.90 Å².